The maximum atomic E-state index is 10.8. The van der Waals surface area contributed by atoms with Gasteiger partial charge in [-0.25, -0.2) is 0 Å². The summed E-state index contributed by atoms with van der Waals surface area (Å²) in [5, 5.41) is 10.8. The maximum absolute atomic E-state index is 10.8. The Kier molecular flexibility index (Phi) is 4.12. The van der Waals surface area contributed by atoms with Gasteiger partial charge in [-0.05, 0) is 25.5 Å². The highest BCUT2D eigenvalue weighted by Crippen LogP contribution is 2.27. The van der Waals surface area contributed by atoms with Crippen molar-refractivity contribution in [2.24, 2.45) is 0 Å². The number of hydrogen-bond donors (Lipinski definition) is 1. The van der Waals surface area contributed by atoms with Crippen LogP contribution in [0.25, 0.3) is 0 Å². The quantitative estimate of drug-likeness (QED) is 0.653. The molecule has 0 aliphatic heterocycles. The van der Waals surface area contributed by atoms with Gasteiger partial charge in [0.05, 0.1) is 17.6 Å². The Hall–Kier alpha value is -2.97. The first-order valence-electron chi connectivity index (χ1n) is 6.07. The Labute approximate surface area is 119 Å². The number of rotatable bonds is 5. The van der Waals surface area contributed by atoms with Crippen molar-refractivity contribution >= 4 is 11.6 Å². The molecule has 21 heavy (non-hydrogen) atoms. The van der Waals surface area contributed by atoms with Gasteiger partial charge >= 0.3 is 12.0 Å². The molecule has 1 aromatic carbocycles. The lowest BCUT2D eigenvalue weighted by molar-refractivity contribution is -0.384. The van der Waals surface area contributed by atoms with Crippen molar-refractivity contribution in [2.45, 2.75) is 13.8 Å². The van der Waals surface area contributed by atoms with E-state index in [1.807, 2.05) is 0 Å². The van der Waals surface area contributed by atoms with Gasteiger partial charge in [-0.15, -0.1) is 4.98 Å². The molecule has 9 heteroatoms. The highest BCUT2D eigenvalue weighted by molar-refractivity contribution is 5.44. The molecule has 2 aromatic rings. The Morgan fingerprint density at radius 1 is 1.29 bits per heavy atom. The standard InChI is InChI=1S/C12H13N5O4/c1-3-20-11-14-10(13)15-12(16-11)21-9-6-8(17(18)19)5-4-7(9)2/h4-6H,3H2,1-2H3,(H2,13,14,15,16). The Bertz CT molecular complexity index is 677. The summed E-state index contributed by atoms with van der Waals surface area (Å²) < 4.78 is 10.6. The molecule has 0 aliphatic rings. The third-order valence-corrected chi connectivity index (χ3v) is 2.47. The molecule has 1 aromatic heterocycles. The number of anilines is 1. The number of nitro benzene ring substituents is 1. The summed E-state index contributed by atoms with van der Waals surface area (Å²) in [6.07, 6.45) is 0. The number of aryl methyl sites for hydroxylation is 1. The van der Waals surface area contributed by atoms with Crippen LogP contribution >= 0.6 is 0 Å². The number of hydrogen-bond acceptors (Lipinski definition) is 8. The summed E-state index contributed by atoms with van der Waals surface area (Å²) in [5.74, 6) is 0.198. The van der Waals surface area contributed by atoms with Crippen molar-refractivity contribution in [3.05, 3.63) is 33.9 Å². The lowest BCUT2D eigenvalue weighted by Gasteiger charge is -2.08. The summed E-state index contributed by atoms with van der Waals surface area (Å²) in [5.41, 5.74) is 6.13. The number of ether oxygens (including phenoxy) is 2. The highest BCUT2D eigenvalue weighted by Gasteiger charge is 2.13. The van der Waals surface area contributed by atoms with Crippen LogP contribution in [0, 0.1) is 17.0 Å². The minimum absolute atomic E-state index is 0.0306. The second-order valence-corrected chi connectivity index (χ2v) is 4.00. The molecule has 1 heterocycles. The molecule has 110 valence electrons. The Morgan fingerprint density at radius 2 is 2.00 bits per heavy atom. The van der Waals surface area contributed by atoms with E-state index in [9.17, 15) is 10.1 Å². The van der Waals surface area contributed by atoms with E-state index in [2.05, 4.69) is 15.0 Å². The van der Waals surface area contributed by atoms with E-state index >= 15 is 0 Å². The first kappa shape index (κ1) is 14.4. The van der Waals surface area contributed by atoms with E-state index in [4.69, 9.17) is 15.2 Å². The van der Waals surface area contributed by atoms with E-state index in [0.717, 1.165) is 0 Å². The number of nitrogens with zero attached hydrogens (tertiary/aromatic N) is 4. The third kappa shape index (κ3) is 3.53. The zero-order chi connectivity index (χ0) is 15.4. The van der Waals surface area contributed by atoms with Gasteiger partial charge in [0.2, 0.25) is 5.95 Å². The minimum atomic E-state index is -0.514. The van der Waals surface area contributed by atoms with Crippen LogP contribution in [0.2, 0.25) is 0 Å². The van der Waals surface area contributed by atoms with Gasteiger partial charge in [-0.2, -0.15) is 9.97 Å². The summed E-state index contributed by atoms with van der Waals surface area (Å²) in [6, 6.07) is 4.19. The topological polar surface area (TPSA) is 126 Å². The van der Waals surface area contributed by atoms with Gasteiger partial charge in [-0.3, -0.25) is 10.1 Å². The normalized spacial score (nSPS) is 10.2. The molecule has 0 unspecified atom stereocenters. The zero-order valence-corrected chi connectivity index (χ0v) is 11.4. The monoisotopic (exact) mass is 291 g/mol. The smallest absolute Gasteiger partial charge is 0.330 e. The second-order valence-electron chi connectivity index (χ2n) is 4.00. The number of benzene rings is 1. The average molecular weight is 291 g/mol. The molecular weight excluding hydrogens is 278 g/mol. The molecule has 0 amide bonds. The van der Waals surface area contributed by atoms with Crippen molar-refractivity contribution in [1.29, 1.82) is 0 Å². The molecule has 0 atom stereocenters. The van der Waals surface area contributed by atoms with Crippen molar-refractivity contribution in [1.82, 2.24) is 15.0 Å². The Morgan fingerprint density at radius 3 is 2.67 bits per heavy atom. The summed E-state index contributed by atoms with van der Waals surface area (Å²) >= 11 is 0. The van der Waals surface area contributed by atoms with Gasteiger partial charge < -0.3 is 15.2 Å². The van der Waals surface area contributed by atoms with Crippen LogP contribution in [0.15, 0.2) is 18.2 Å². The molecule has 0 bridgehead atoms. The van der Waals surface area contributed by atoms with Crippen LogP contribution in [-0.2, 0) is 0 Å². The van der Waals surface area contributed by atoms with Gasteiger partial charge in [0, 0.05) is 6.07 Å². The van der Waals surface area contributed by atoms with Gasteiger partial charge in [-0.1, -0.05) is 0 Å². The minimum Gasteiger partial charge on any atom is -0.464 e. The van der Waals surface area contributed by atoms with E-state index < -0.39 is 4.92 Å². The first-order valence-corrected chi connectivity index (χ1v) is 6.07. The van der Waals surface area contributed by atoms with Crippen LogP contribution in [0.4, 0.5) is 11.6 Å². The van der Waals surface area contributed by atoms with Gasteiger partial charge in [0.25, 0.3) is 5.69 Å². The van der Waals surface area contributed by atoms with E-state index in [-0.39, 0.29) is 29.4 Å². The molecule has 0 spiro atoms. The summed E-state index contributed by atoms with van der Waals surface area (Å²) in [7, 11) is 0. The number of nitrogens with two attached hydrogens (primary N) is 1. The summed E-state index contributed by atoms with van der Waals surface area (Å²) in [4.78, 5) is 21.8. The van der Waals surface area contributed by atoms with Crippen molar-refractivity contribution in [3.8, 4) is 17.8 Å². The van der Waals surface area contributed by atoms with Crippen molar-refractivity contribution in [2.75, 3.05) is 12.3 Å². The van der Waals surface area contributed by atoms with Crippen LogP contribution in [0.3, 0.4) is 0 Å². The fourth-order valence-electron chi connectivity index (χ4n) is 1.50. The van der Waals surface area contributed by atoms with Crippen LogP contribution < -0.4 is 15.2 Å². The summed E-state index contributed by atoms with van der Waals surface area (Å²) in [6.45, 7) is 3.87. The second kappa shape index (κ2) is 5.99. The van der Waals surface area contributed by atoms with Crippen molar-refractivity contribution in [3.63, 3.8) is 0 Å². The lowest BCUT2D eigenvalue weighted by atomic mass is 10.2. The fraction of sp³-hybridized carbons (Fsp3) is 0.250. The molecule has 0 saturated carbocycles. The molecule has 0 aliphatic carbocycles. The van der Waals surface area contributed by atoms with Crippen LogP contribution in [0.1, 0.15) is 12.5 Å². The molecule has 0 fully saturated rings. The molecule has 0 radical (unpaired) electrons. The lowest BCUT2D eigenvalue weighted by Crippen LogP contribution is -2.05. The van der Waals surface area contributed by atoms with E-state index in [0.29, 0.717) is 12.2 Å². The molecule has 2 rings (SSSR count). The number of non-ortho nitro benzene ring substituents is 1. The maximum Gasteiger partial charge on any atom is 0.330 e. The van der Waals surface area contributed by atoms with Gasteiger partial charge in [0.1, 0.15) is 5.75 Å². The Balaban J connectivity index is 2.33. The average Bonchev–Trinajstić information content (AvgIpc) is 2.40. The van der Waals surface area contributed by atoms with E-state index in [1.165, 1.54) is 12.1 Å². The molecule has 9 nitrogen and oxygen atoms in total. The largest absolute Gasteiger partial charge is 0.464 e. The van der Waals surface area contributed by atoms with Crippen LogP contribution in [0.5, 0.6) is 17.8 Å². The molecule has 0 saturated heterocycles. The predicted molar refractivity (Wildman–Crippen MR) is 73.3 cm³/mol. The highest BCUT2D eigenvalue weighted by atomic mass is 16.6. The predicted octanol–water partition coefficient (Wildman–Crippen LogP) is 1.86. The third-order valence-electron chi connectivity index (χ3n) is 2.47. The zero-order valence-electron chi connectivity index (χ0n) is 11.4. The van der Waals surface area contributed by atoms with Gasteiger partial charge in [0.15, 0.2) is 0 Å². The van der Waals surface area contributed by atoms with E-state index in [1.54, 1.807) is 19.9 Å². The SMILES string of the molecule is CCOc1nc(N)nc(Oc2cc([N+](=O)[O-])ccc2C)n1. The number of aromatic nitrogens is 3. The number of nitrogen functional groups attached to an aromatic ring is 1. The first-order chi connectivity index (χ1) is 9.99. The van der Waals surface area contributed by atoms with Crippen molar-refractivity contribution < 1.29 is 14.4 Å². The van der Waals surface area contributed by atoms with Crippen LogP contribution in [-0.4, -0.2) is 26.5 Å². The number of nitro groups is 1. The molecular formula is C12H13N5O4. The molecule has 2 N–H and O–H groups in total. The fourth-order valence-corrected chi connectivity index (χ4v) is 1.50.